The van der Waals surface area contributed by atoms with Gasteiger partial charge >= 0.3 is 5.97 Å². The van der Waals surface area contributed by atoms with Gasteiger partial charge in [-0.2, -0.15) is 0 Å². The smallest absolute Gasteiger partial charge is 0.311 e. The maximum atomic E-state index is 13.1. The predicted molar refractivity (Wildman–Crippen MR) is 99.7 cm³/mol. The standard InChI is InChI=1S/C18H21N3O4S/c1-4-6-18(17(24)25)7-5-8-21(9-18)16(23)13-10(2)12-14(22)19-11(3)20-15(12)26-13/h4H,1,5-9H2,2-3H3,(H,24,25)(H,19,20,22). The maximum Gasteiger partial charge on any atom is 0.311 e. The fourth-order valence-corrected chi connectivity index (χ4v) is 4.80. The zero-order valence-corrected chi connectivity index (χ0v) is 15.6. The molecule has 1 aliphatic rings. The lowest BCUT2D eigenvalue weighted by molar-refractivity contribution is -0.151. The van der Waals surface area contributed by atoms with E-state index in [4.69, 9.17) is 0 Å². The van der Waals surface area contributed by atoms with Gasteiger partial charge < -0.3 is 15.0 Å². The van der Waals surface area contributed by atoms with Crippen molar-refractivity contribution in [1.82, 2.24) is 14.9 Å². The molecule has 2 aromatic rings. The van der Waals surface area contributed by atoms with Crippen molar-refractivity contribution in [2.45, 2.75) is 33.1 Å². The van der Waals surface area contributed by atoms with Gasteiger partial charge in [-0.1, -0.05) is 6.08 Å². The summed E-state index contributed by atoms with van der Waals surface area (Å²) in [5, 5.41) is 10.1. The monoisotopic (exact) mass is 375 g/mol. The van der Waals surface area contributed by atoms with Crippen molar-refractivity contribution in [3.63, 3.8) is 0 Å². The number of carboxylic acid groups (broad SMARTS) is 1. The molecule has 0 bridgehead atoms. The lowest BCUT2D eigenvalue weighted by Gasteiger charge is -2.39. The van der Waals surface area contributed by atoms with Gasteiger partial charge in [-0.3, -0.25) is 14.4 Å². The number of aromatic nitrogens is 2. The molecule has 1 atom stereocenters. The number of carboxylic acids is 1. The van der Waals surface area contributed by atoms with Gasteiger partial charge in [-0.05, 0) is 38.7 Å². The molecule has 1 fully saturated rings. The number of hydrogen-bond donors (Lipinski definition) is 2. The number of hydrogen-bond acceptors (Lipinski definition) is 5. The van der Waals surface area contributed by atoms with Crippen molar-refractivity contribution < 1.29 is 14.7 Å². The van der Waals surface area contributed by atoms with Crippen LogP contribution in [0.25, 0.3) is 10.2 Å². The van der Waals surface area contributed by atoms with Crippen molar-refractivity contribution in [2.75, 3.05) is 13.1 Å². The summed E-state index contributed by atoms with van der Waals surface area (Å²) in [6, 6.07) is 0. The third kappa shape index (κ3) is 2.94. The highest BCUT2D eigenvalue weighted by molar-refractivity contribution is 7.20. The number of aliphatic carboxylic acids is 1. The Labute approximate surface area is 154 Å². The average Bonchev–Trinajstić information content (AvgIpc) is 2.91. The van der Waals surface area contributed by atoms with E-state index >= 15 is 0 Å². The Morgan fingerprint density at radius 3 is 2.85 bits per heavy atom. The van der Waals surface area contributed by atoms with Gasteiger partial charge in [-0.25, -0.2) is 4.98 Å². The molecule has 2 aromatic heterocycles. The number of thiophene rings is 1. The molecule has 138 valence electrons. The predicted octanol–water partition coefficient (Wildman–Crippen LogP) is 2.48. The Balaban J connectivity index is 1.99. The van der Waals surface area contributed by atoms with Crippen molar-refractivity contribution >= 4 is 33.4 Å². The van der Waals surface area contributed by atoms with Crippen LogP contribution in [-0.4, -0.2) is 44.9 Å². The molecule has 3 heterocycles. The van der Waals surface area contributed by atoms with Crippen molar-refractivity contribution in [3.8, 4) is 0 Å². The van der Waals surface area contributed by atoms with Crippen LogP contribution in [0.15, 0.2) is 17.4 Å². The molecule has 1 unspecified atom stereocenters. The Kier molecular flexibility index (Phi) is 4.70. The number of fused-ring (bicyclic) bond motifs is 1. The normalized spacial score (nSPS) is 20.3. The van der Waals surface area contributed by atoms with Crippen LogP contribution in [0.1, 0.15) is 40.3 Å². The van der Waals surface area contributed by atoms with Gasteiger partial charge in [0.05, 0.1) is 15.7 Å². The van der Waals surface area contributed by atoms with Crippen molar-refractivity contribution in [3.05, 3.63) is 39.3 Å². The zero-order valence-electron chi connectivity index (χ0n) is 14.8. The number of likely N-dealkylation sites (tertiary alicyclic amines) is 1. The van der Waals surface area contributed by atoms with Crippen molar-refractivity contribution in [2.24, 2.45) is 5.41 Å². The Hall–Kier alpha value is -2.48. The fraction of sp³-hybridized carbons (Fsp3) is 0.444. The molecular weight excluding hydrogens is 354 g/mol. The molecule has 2 N–H and O–H groups in total. The summed E-state index contributed by atoms with van der Waals surface area (Å²) in [7, 11) is 0. The first-order chi connectivity index (χ1) is 12.3. The van der Waals surface area contributed by atoms with Crippen LogP contribution in [-0.2, 0) is 4.79 Å². The number of carbonyl (C=O) groups excluding carboxylic acids is 1. The lowest BCUT2D eigenvalue weighted by Crippen LogP contribution is -2.49. The minimum atomic E-state index is -0.993. The highest BCUT2D eigenvalue weighted by Crippen LogP contribution is 2.36. The summed E-state index contributed by atoms with van der Waals surface area (Å²) < 4.78 is 0. The highest BCUT2D eigenvalue weighted by atomic mass is 32.1. The van der Waals surface area contributed by atoms with Crippen LogP contribution in [0, 0.1) is 19.3 Å². The van der Waals surface area contributed by atoms with E-state index in [0.717, 1.165) is 0 Å². The lowest BCUT2D eigenvalue weighted by atomic mass is 9.77. The molecule has 0 aromatic carbocycles. The number of carbonyl (C=O) groups is 2. The Morgan fingerprint density at radius 1 is 1.46 bits per heavy atom. The number of nitrogens with one attached hydrogen (secondary N) is 1. The van der Waals surface area contributed by atoms with E-state index in [1.54, 1.807) is 24.8 Å². The number of rotatable bonds is 4. The SMILES string of the molecule is C=CCC1(C(=O)O)CCCN(C(=O)c2sc3nc(C)[nH]c(=O)c3c2C)C1. The van der Waals surface area contributed by atoms with E-state index in [-0.39, 0.29) is 18.0 Å². The number of H-pyrrole nitrogens is 1. The summed E-state index contributed by atoms with van der Waals surface area (Å²) in [6.45, 7) is 7.73. The largest absolute Gasteiger partial charge is 0.481 e. The van der Waals surface area contributed by atoms with E-state index in [1.807, 2.05) is 0 Å². The number of aryl methyl sites for hydroxylation is 2. The summed E-state index contributed by atoms with van der Waals surface area (Å²) in [6.07, 6.45) is 3.05. The molecule has 0 radical (unpaired) electrons. The average molecular weight is 375 g/mol. The van der Waals surface area contributed by atoms with Gasteiger partial charge in [0.15, 0.2) is 0 Å². The van der Waals surface area contributed by atoms with Gasteiger partial charge in [0.2, 0.25) is 0 Å². The summed E-state index contributed by atoms with van der Waals surface area (Å²) in [4.78, 5) is 46.6. The molecule has 0 aliphatic carbocycles. The van der Waals surface area contributed by atoms with Crippen LogP contribution in [0.3, 0.4) is 0 Å². The Morgan fingerprint density at radius 2 is 2.19 bits per heavy atom. The molecule has 1 saturated heterocycles. The number of amides is 1. The molecule has 26 heavy (non-hydrogen) atoms. The zero-order chi connectivity index (χ0) is 19.1. The molecular formula is C18H21N3O4S. The second-order valence-electron chi connectivity index (χ2n) is 6.80. The molecule has 3 rings (SSSR count). The first kappa shape index (κ1) is 18.3. The number of piperidine rings is 1. The molecule has 0 saturated carbocycles. The van der Waals surface area contributed by atoms with E-state index in [2.05, 4.69) is 16.5 Å². The summed E-state index contributed by atoms with van der Waals surface area (Å²) in [5.74, 6) is -0.648. The summed E-state index contributed by atoms with van der Waals surface area (Å²) >= 11 is 1.19. The number of allylic oxidation sites excluding steroid dienone is 1. The van der Waals surface area contributed by atoms with Crippen molar-refractivity contribution in [1.29, 1.82) is 0 Å². The topological polar surface area (TPSA) is 103 Å². The minimum Gasteiger partial charge on any atom is -0.481 e. The van der Waals surface area contributed by atoms with Crippen LogP contribution in [0.2, 0.25) is 0 Å². The van der Waals surface area contributed by atoms with Gasteiger partial charge in [0, 0.05) is 13.1 Å². The second-order valence-corrected chi connectivity index (χ2v) is 7.80. The van der Waals surface area contributed by atoms with Gasteiger partial charge in [0.25, 0.3) is 11.5 Å². The van der Waals surface area contributed by atoms with Gasteiger partial charge in [-0.15, -0.1) is 17.9 Å². The quantitative estimate of drug-likeness (QED) is 0.799. The fourth-order valence-electron chi connectivity index (χ4n) is 3.61. The number of nitrogens with zero attached hydrogens (tertiary/aromatic N) is 2. The first-order valence-electron chi connectivity index (χ1n) is 8.42. The molecule has 1 aliphatic heterocycles. The van der Waals surface area contributed by atoms with Gasteiger partial charge in [0.1, 0.15) is 10.7 Å². The molecule has 7 nitrogen and oxygen atoms in total. The van der Waals surface area contributed by atoms with Crippen LogP contribution in [0.5, 0.6) is 0 Å². The Bertz CT molecular complexity index is 961. The molecule has 8 heteroatoms. The van der Waals surface area contributed by atoms with Crippen LogP contribution in [0.4, 0.5) is 0 Å². The van der Waals surface area contributed by atoms with Crippen LogP contribution < -0.4 is 5.56 Å². The van der Waals surface area contributed by atoms with E-state index in [0.29, 0.717) is 52.3 Å². The van der Waals surface area contributed by atoms with E-state index in [1.165, 1.54) is 11.3 Å². The number of aromatic amines is 1. The first-order valence-corrected chi connectivity index (χ1v) is 9.24. The van der Waals surface area contributed by atoms with E-state index < -0.39 is 11.4 Å². The highest BCUT2D eigenvalue weighted by Gasteiger charge is 2.43. The van der Waals surface area contributed by atoms with E-state index in [9.17, 15) is 19.5 Å². The third-order valence-electron chi connectivity index (χ3n) is 4.97. The third-order valence-corrected chi connectivity index (χ3v) is 6.14. The minimum absolute atomic E-state index is 0.143. The van der Waals surface area contributed by atoms with Crippen LogP contribution >= 0.6 is 11.3 Å². The molecule has 0 spiro atoms. The molecule has 1 amide bonds. The second kappa shape index (κ2) is 6.68. The summed E-state index contributed by atoms with van der Waals surface area (Å²) in [5.41, 5.74) is -0.656. The maximum absolute atomic E-state index is 13.1.